The molecule has 1 atom stereocenters. The molecule has 1 N–H and O–H groups in total. The Morgan fingerprint density at radius 2 is 2.04 bits per heavy atom. The lowest BCUT2D eigenvalue weighted by Crippen LogP contribution is -2.43. The number of nitrogens with zero attached hydrogens (tertiary/aromatic N) is 2. The molecule has 1 amide bonds. The highest BCUT2D eigenvalue weighted by molar-refractivity contribution is 5.77. The van der Waals surface area contributed by atoms with E-state index in [9.17, 15) is 4.79 Å². The van der Waals surface area contributed by atoms with Crippen molar-refractivity contribution in [2.45, 2.75) is 39.7 Å². The highest BCUT2D eigenvalue weighted by Crippen LogP contribution is 2.29. The molecule has 2 aromatic rings. The minimum Gasteiger partial charge on any atom is -0.377 e. The van der Waals surface area contributed by atoms with E-state index in [4.69, 9.17) is 4.74 Å². The molecule has 2 heterocycles. The van der Waals surface area contributed by atoms with Crippen LogP contribution in [0.2, 0.25) is 0 Å². The van der Waals surface area contributed by atoms with Crippen LogP contribution in [0, 0.1) is 20.8 Å². The maximum absolute atomic E-state index is 12.8. The fourth-order valence-corrected chi connectivity index (χ4v) is 3.34. The Morgan fingerprint density at radius 3 is 2.71 bits per heavy atom. The number of hydrogen-bond acceptors (Lipinski definition) is 3. The van der Waals surface area contributed by atoms with Gasteiger partial charge in [-0.3, -0.25) is 9.89 Å². The van der Waals surface area contributed by atoms with Gasteiger partial charge in [0.2, 0.25) is 5.91 Å². The smallest absolute Gasteiger partial charge is 0.223 e. The van der Waals surface area contributed by atoms with E-state index in [0.717, 1.165) is 23.4 Å². The summed E-state index contributed by atoms with van der Waals surface area (Å²) in [6, 6.07) is 8.35. The van der Waals surface area contributed by atoms with Crippen LogP contribution in [0.3, 0.4) is 0 Å². The summed E-state index contributed by atoms with van der Waals surface area (Å²) in [5, 5.41) is 7.28. The van der Waals surface area contributed by atoms with E-state index in [2.05, 4.69) is 41.4 Å². The van der Waals surface area contributed by atoms with Crippen molar-refractivity contribution in [2.24, 2.45) is 0 Å². The van der Waals surface area contributed by atoms with Gasteiger partial charge in [-0.15, -0.1) is 0 Å². The summed E-state index contributed by atoms with van der Waals surface area (Å²) in [4.78, 5) is 14.8. The third-order valence-corrected chi connectivity index (χ3v) is 4.72. The van der Waals surface area contributed by atoms with Crippen molar-refractivity contribution in [1.82, 2.24) is 15.1 Å². The lowest BCUT2D eigenvalue weighted by molar-refractivity contribution is -0.140. The SMILES string of the molecule is Cc1ccc(CCC(=O)N2CCOC[C@@H]2c2c(C)n[nH]c2C)cc1. The zero-order chi connectivity index (χ0) is 17.1. The summed E-state index contributed by atoms with van der Waals surface area (Å²) in [5.74, 6) is 0.184. The van der Waals surface area contributed by atoms with Gasteiger partial charge in [0, 0.05) is 24.2 Å². The number of nitrogens with one attached hydrogen (secondary N) is 1. The van der Waals surface area contributed by atoms with E-state index < -0.39 is 0 Å². The molecule has 0 unspecified atom stereocenters. The number of H-pyrrole nitrogens is 1. The zero-order valence-corrected chi connectivity index (χ0v) is 14.6. The van der Waals surface area contributed by atoms with Crippen molar-refractivity contribution >= 4 is 5.91 Å². The Labute approximate surface area is 143 Å². The van der Waals surface area contributed by atoms with Gasteiger partial charge in [0.1, 0.15) is 0 Å². The molecule has 5 nitrogen and oxygen atoms in total. The number of rotatable bonds is 4. The monoisotopic (exact) mass is 327 g/mol. The number of morpholine rings is 1. The lowest BCUT2D eigenvalue weighted by atomic mass is 10.0. The Balaban J connectivity index is 1.70. The van der Waals surface area contributed by atoms with Crippen LogP contribution in [0.1, 0.15) is 40.5 Å². The molecule has 128 valence electrons. The fourth-order valence-electron chi connectivity index (χ4n) is 3.34. The molecule has 0 saturated carbocycles. The van der Waals surface area contributed by atoms with Crippen molar-refractivity contribution in [2.75, 3.05) is 19.8 Å². The summed E-state index contributed by atoms with van der Waals surface area (Å²) in [6.45, 7) is 7.83. The summed E-state index contributed by atoms with van der Waals surface area (Å²) in [6.07, 6.45) is 1.29. The highest BCUT2D eigenvalue weighted by Gasteiger charge is 2.31. The number of benzene rings is 1. The Morgan fingerprint density at radius 1 is 1.29 bits per heavy atom. The molecular weight excluding hydrogens is 302 g/mol. The average molecular weight is 327 g/mol. The van der Waals surface area contributed by atoms with Crippen LogP contribution in [0.4, 0.5) is 0 Å². The largest absolute Gasteiger partial charge is 0.377 e. The van der Waals surface area contributed by atoms with Crippen LogP contribution in [-0.4, -0.2) is 40.8 Å². The Kier molecular flexibility index (Phi) is 5.00. The van der Waals surface area contributed by atoms with Crippen LogP contribution < -0.4 is 0 Å². The van der Waals surface area contributed by atoms with Crippen LogP contribution in [0.15, 0.2) is 24.3 Å². The first-order valence-electron chi connectivity index (χ1n) is 8.50. The molecule has 0 bridgehead atoms. The number of aryl methyl sites for hydroxylation is 4. The van der Waals surface area contributed by atoms with E-state index >= 15 is 0 Å². The van der Waals surface area contributed by atoms with Gasteiger partial charge in [0.15, 0.2) is 0 Å². The molecule has 1 aliphatic heterocycles. The van der Waals surface area contributed by atoms with Gasteiger partial charge in [0.25, 0.3) is 0 Å². The molecule has 0 spiro atoms. The maximum atomic E-state index is 12.8. The maximum Gasteiger partial charge on any atom is 0.223 e. The topological polar surface area (TPSA) is 58.2 Å². The number of amides is 1. The first-order valence-corrected chi connectivity index (χ1v) is 8.50. The van der Waals surface area contributed by atoms with Crippen molar-refractivity contribution < 1.29 is 9.53 Å². The van der Waals surface area contributed by atoms with Crippen LogP contribution in [0.5, 0.6) is 0 Å². The van der Waals surface area contributed by atoms with Gasteiger partial charge >= 0.3 is 0 Å². The first kappa shape index (κ1) is 16.7. The van der Waals surface area contributed by atoms with Gasteiger partial charge in [-0.1, -0.05) is 29.8 Å². The number of aromatic amines is 1. The predicted molar refractivity (Wildman–Crippen MR) is 92.8 cm³/mol. The summed E-state index contributed by atoms with van der Waals surface area (Å²) in [5.41, 5.74) is 5.50. The van der Waals surface area contributed by atoms with Gasteiger partial charge in [-0.2, -0.15) is 5.10 Å². The van der Waals surface area contributed by atoms with Crippen molar-refractivity contribution in [3.05, 3.63) is 52.3 Å². The van der Waals surface area contributed by atoms with Gasteiger partial charge in [-0.25, -0.2) is 0 Å². The predicted octanol–water partition coefficient (Wildman–Crippen LogP) is 2.87. The normalized spacial score (nSPS) is 18.0. The van der Waals surface area contributed by atoms with Crippen LogP contribution in [0.25, 0.3) is 0 Å². The standard InChI is InChI=1S/C19H25N3O2/c1-13-4-6-16(7-5-13)8-9-18(23)22-10-11-24-12-17(22)19-14(2)20-21-15(19)3/h4-7,17H,8-12H2,1-3H3,(H,20,21)/t17-/m1/s1. The van der Waals surface area contributed by atoms with Crippen molar-refractivity contribution in [3.8, 4) is 0 Å². The van der Waals surface area contributed by atoms with Gasteiger partial charge in [0.05, 0.1) is 24.9 Å². The lowest BCUT2D eigenvalue weighted by Gasteiger charge is -2.36. The summed E-state index contributed by atoms with van der Waals surface area (Å²) < 4.78 is 5.64. The van der Waals surface area contributed by atoms with Crippen LogP contribution >= 0.6 is 0 Å². The van der Waals surface area contributed by atoms with Crippen molar-refractivity contribution in [3.63, 3.8) is 0 Å². The molecule has 24 heavy (non-hydrogen) atoms. The summed E-state index contributed by atoms with van der Waals surface area (Å²) >= 11 is 0. The number of ether oxygens (including phenoxy) is 1. The second-order valence-corrected chi connectivity index (χ2v) is 6.51. The third-order valence-electron chi connectivity index (χ3n) is 4.72. The number of hydrogen-bond donors (Lipinski definition) is 1. The number of carbonyl (C=O) groups excluding carboxylic acids is 1. The molecule has 0 aliphatic carbocycles. The Bertz CT molecular complexity index is 686. The molecular formula is C19H25N3O2. The average Bonchev–Trinajstić information content (AvgIpc) is 2.92. The van der Waals surface area contributed by atoms with Crippen LogP contribution in [-0.2, 0) is 16.0 Å². The van der Waals surface area contributed by atoms with E-state index in [0.29, 0.717) is 26.2 Å². The van der Waals surface area contributed by atoms with E-state index in [1.54, 1.807) is 0 Å². The number of carbonyl (C=O) groups is 1. The Hall–Kier alpha value is -2.14. The molecule has 1 fully saturated rings. The molecule has 5 heteroatoms. The molecule has 1 saturated heterocycles. The summed E-state index contributed by atoms with van der Waals surface area (Å²) in [7, 11) is 0. The van der Waals surface area contributed by atoms with Gasteiger partial charge in [-0.05, 0) is 32.8 Å². The molecule has 3 rings (SSSR count). The molecule has 1 aliphatic rings. The molecule has 1 aromatic carbocycles. The number of aromatic nitrogens is 2. The van der Waals surface area contributed by atoms with Gasteiger partial charge < -0.3 is 9.64 Å². The van der Waals surface area contributed by atoms with E-state index in [1.165, 1.54) is 11.1 Å². The highest BCUT2D eigenvalue weighted by atomic mass is 16.5. The zero-order valence-electron chi connectivity index (χ0n) is 14.6. The second kappa shape index (κ2) is 7.18. The van der Waals surface area contributed by atoms with Crippen molar-refractivity contribution in [1.29, 1.82) is 0 Å². The fraction of sp³-hybridized carbons (Fsp3) is 0.474. The first-order chi connectivity index (χ1) is 11.6. The molecule has 0 radical (unpaired) electrons. The second-order valence-electron chi connectivity index (χ2n) is 6.51. The third kappa shape index (κ3) is 3.51. The van der Waals surface area contributed by atoms with E-state index in [1.807, 2.05) is 18.7 Å². The quantitative estimate of drug-likeness (QED) is 0.939. The molecule has 1 aromatic heterocycles. The minimum atomic E-state index is -0.0389. The van der Waals surface area contributed by atoms with E-state index in [-0.39, 0.29) is 11.9 Å². The minimum absolute atomic E-state index is 0.0389.